The van der Waals surface area contributed by atoms with Gasteiger partial charge in [-0.25, -0.2) is 4.98 Å². The largest absolute Gasteiger partial charge is 0.353 e. The molecule has 134 valence electrons. The normalized spacial score (nSPS) is 16.2. The fourth-order valence-electron chi connectivity index (χ4n) is 3.08. The van der Waals surface area contributed by atoms with Crippen LogP contribution in [0.3, 0.4) is 0 Å². The highest BCUT2D eigenvalue weighted by molar-refractivity contribution is 7.09. The highest BCUT2D eigenvalue weighted by atomic mass is 32.1. The minimum Gasteiger partial charge on any atom is -0.353 e. The summed E-state index contributed by atoms with van der Waals surface area (Å²) in [4.78, 5) is 30.3. The van der Waals surface area contributed by atoms with Gasteiger partial charge in [-0.15, -0.1) is 11.3 Å². The second-order valence-electron chi connectivity index (χ2n) is 6.74. The van der Waals surface area contributed by atoms with E-state index in [9.17, 15) is 9.59 Å². The quantitative estimate of drug-likeness (QED) is 0.854. The van der Waals surface area contributed by atoms with Gasteiger partial charge in [-0.05, 0) is 19.8 Å². The van der Waals surface area contributed by atoms with Crippen LogP contribution in [0.5, 0.6) is 0 Å². The van der Waals surface area contributed by atoms with Gasteiger partial charge in [0.1, 0.15) is 5.01 Å². The van der Waals surface area contributed by atoms with Crippen LogP contribution in [-0.2, 0) is 16.1 Å². The second-order valence-corrected chi connectivity index (χ2v) is 7.68. The number of nitrogens with one attached hydrogen (secondary N) is 1. The Balaban J connectivity index is 1.68. The Morgan fingerprint density at radius 1 is 1.21 bits per heavy atom. The molecule has 1 aliphatic carbocycles. The molecule has 6 heteroatoms. The molecule has 2 amide bonds. The van der Waals surface area contributed by atoms with Crippen molar-refractivity contribution in [3.05, 3.63) is 16.1 Å². The fraction of sp³-hybridized carbons (Fsp3) is 0.722. The monoisotopic (exact) mass is 351 g/mol. The summed E-state index contributed by atoms with van der Waals surface area (Å²) in [6.45, 7) is 2.46. The first kappa shape index (κ1) is 18.9. The van der Waals surface area contributed by atoms with Crippen molar-refractivity contribution in [3.8, 4) is 0 Å². The molecule has 0 atom stereocenters. The van der Waals surface area contributed by atoms with Gasteiger partial charge in [0.2, 0.25) is 11.8 Å². The number of carbonyl (C=O) groups excluding carboxylic acids is 2. The van der Waals surface area contributed by atoms with Gasteiger partial charge in [0.15, 0.2) is 0 Å². The van der Waals surface area contributed by atoms with E-state index in [1.54, 1.807) is 23.3 Å². The smallest absolute Gasteiger partial charge is 0.223 e. The maximum atomic E-state index is 12.2. The molecule has 24 heavy (non-hydrogen) atoms. The van der Waals surface area contributed by atoms with Crippen molar-refractivity contribution < 1.29 is 9.59 Å². The van der Waals surface area contributed by atoms with E-state index in [1.165, 1.54) is 32.1 Å². The van der Waals surface area contributed by atoms with Crippen molar-refractivity contribution in [1.29, 1.82) is 0 Å². The summed E-state index contributed by atoms with van der Waals surface area (Å²) in [5.74, 6) is 0.00286. The first-order valence-corrected chi connectivity index (χ1v) is 9.87. The lowest BCUT2D eigenvalue weighted by Gasteiger charge is -2.21. The maximum Gasteiger partial charge on any atom is 0.223 e. The molecule has 5 nitrogen and oxygen atoms in total. The highest BCUT2D eigenvalue weighted by Gasteiger charge is 2.16. The van der Waals surface area contributed by atoms with Gasteiger partial charge < -0.3 is 10.2 Å². The lowest BCUT2D eigenvalue weighted by atomic mass is 9.96. The lowest BCUT2D eigenvalue weighted by Crippen LogP contribution is -2.36. The van der Waals surface area contributed by atoms with Crippen LogP contribution in [0.15, 0.2) is 5.38 Å². The predicted octanol–water partition coefficient (Wildman–Crippen LogP) is 3.42. The molecule has 0 unspecified atom stereocenters. The van der Waals surface area contributed by atoms with E-state index < -0.39 is 0 Å². The van der Waals surface area contributed by atoms with Gasteiger partial charge in [-0.1, -0.05) is 32.1 Å². The van der Waals surface area contributed by atoms with Gasteiger partial charge in [0, 0.05) is 37.0 Å². The van der Waals surface area contributed by atoms with E-state index >= 15 is 0 Å². The molecule has 1 heterocycles. The van der Waals surface area contributed by atoms with Crippen molar-refractivity contribution >= 4 is 23.2 Å². The van der Waals surface area contributed by atoms with E-state index in [4.69, 9.17) is 0 Å². The predicted molar refractivity (Wildman–Crippen MR) is 96.8 cm³/mol. The average molecular weight is 352 g/mol. The van der Waals surface area contributed by atoms with E-state index in [-0.39, 0.29) is 24.7 Å². The SMILES string of the molecule is Cc1csc(CN(C)C(=O)CCC(=O)NC2CCCCCCC2)n1. The van der Waals surface area contributed by atoms with Crippen molar-refractivity contribution in [2.45, 2.75) is 77.3 Å². The molecule has 0 radical (unpaired) electrons. The number of nitrogens with zero attached hydrogens (tertiary/aromatic N) is 2. The van der Waals surface area contributed by atoms with Crippen LogP contribution in [0.4, 0.5) is 0 Å². The zero-order valence-corrected chi connectivity index (χ0v) is 15.7. The van der Waals surface area contributed by atoms with Crippen molar-refractivity contribution in [2.75, 3.05) is 7.05 Å². The van der Waals surface area contributed by atoms with Crippen LogP contribution < -0.4 is 5.32 Å². The maximum absolute atomic E-state index is 12.2. The Morgan fingerprint density at radius 3 is 2.50 bits per heavy atom. The molecule has 0 spiro atoms. The topological polar surface area (TPSA) is 62.3 Å². The molecule has 1 aliphatic rings. The third-order valence-corrected chi connectivity index (χ3v) is 5.45. The Hall–Kier alpha value is -1.43. The number of aromatic nitrogens is 1. The molecule has 0 aliphatic heterocycles. The third-order valence-electron chi connectivity index (χ3n) is 4.50. The molecule has 0 saturated heterocycles. The molecule has 1 N–H and O–H groups in total. The van der Waals surface area contributed by atoms with Crippen LogP contribution in [-0.4, -0.2) is 34.8 Å². The van der Waals surface area contributed by atoms with E-state index in [1.807, 2.05) is 12.3 Å². The first-order chi connectivity index (χ1) is 11.5. The molecule has 0 bridgehead atoms. The van der Waals surface area contributed by atoms with Gasteiger partial charge in [0.25, 0.3) is 0 Å². The minimum absolute atomic E-state index is 0.00401. The number of amides is 2. The molecule has 1 saturated carbocycles. The Kier molecular flexibility index (Phi) is 7.69. The number of thiazole rings is 1. The van der Waals surface area contributed by atoms with Gasteiger partial charge in [-0.2, -0.15) is 0 Å². The minimum atomic E-state index is -0.00401. The van der Waals surface area contributed by atoms with Gasteiger partial charge in [0.05, 0.1) is 6.54 Å². The first-order valence-electron chi connectivity index (χ1n) is 8.99. The molecule has 2 rings (SSSR count). The molecular weight excluding hydrogens is 322 g/mol. The molecule has 1 fully saturated rings. The molecular formula is C18H29N3O2S. The summed E-state index contributed by atoms with van der Waals surface area (Å²) < 4.78 is 0. The average Bonchev–Trinajstić information content (AvgIpc) is 2.92. The van der Waals surface area contributed by atoms with Gasteiger partial charge in [-0.3, -0.25) is 9.59 Å². The second kappa shape index (κ2) is 9.77. The van der Waals surface area contributed by atoms with E-state index in [0.717, 1.165) is 23.5 Å². The summed E-state index contributed by atoms with van der Waals surface area (Å²) >= 11 is 1.56. The summed E-state index contributed by atoms with van der Waals surface area (Å²) in [6.07, 6.45) is 8.93. The van der Waals surface area contributed by atoms with Crippen LogP contribution >= 0.6 is 11.3 Å². The molecule has 1 aromatic rings. The zero-order chi connectivity index (χ0) is 17.4. The van der Waals surface area contributed by atoms with Gasteiger partial charge >= 0.3 is 0 Å². The van der Waals surface area contributed by atoms with Crippen LogP contribution in [0.2, 0.25) is 0 Å². The Labute approximate surface area is 148 Å². The van der Waals surface area contributed by atoms with Crippen LogP contribution in [0.25, 0.3) is 0 Å². The van der Waals surface area contributed by atoms with Crippen molar-refractivity contribution in [2.24, 2.45) is 0 Å². The number of hydrogen-bond acceptors (Lipinski definition) is 4. The lowest BCUT2D eigenvalue weighted by molar-refractivity contribution is -0.133. The summed E-state index contributed by atoms with van der Waals surface area (Å²) in [7, 11) is 1.77. The van der Waals surface area contributed by atoms with Crippen molar-refractivity contribution in [3.63, 3.8) is 0 Å². The summed E-state index contributed by atoms with van der Waals surface area (Å²) in [6, 6.07) is 0.295. The summed E-state index contributed by atoms with van der Waals surface area (Å²) in [5.41, 5.74) is 0.981. The standard InChI is InChI=1S/C18H29N3O2S/c1-14-13-24-17(19-14)12-21(2)18(23)11-10-16(22)20-15-8-6-4-3-5-7-9-15/h13,15H,3-12H2,1-2H3,(H,20,22). The summed E-state index contributed by atoms with van der Waals surface area (Å²) in [5, 5.41) is 6.03. The Bertz CT molecular complexity index is 536. The van der Waals surface area contributed by atoms with Crippen LogP contribution in [0, 0.1) is 6.92 Å². The van der Waals surface area contributed by atoms with Crippen LogP contribution in [0.1, 0.15) is 68.5 Å². The Morgan fingerprint density at radius 2 is 1.88 bits per heavy atom. The van der Waals surface area contributed by atoms with E-state index in [2.05, 4.69) is 10.3 Å². The number of aryl methyl sites for hydroxylation is 1. The molecule has 1 aromatic heterocycles. The number of carbonyl (C=O) groups is 2. The number of rotatable bonds is 6. The molecule has 0 aromatic carbocycles. The van der Waals surface area contributed by atoms with E-state index in [0.29, 0.717) is 12.6 Å². The zero-order valence-electron chi connectivity index (χ0n) is 14.8. The highest BCUT2D eigenvalue weighted by Crippen LogP contribution is 2.17. The third kappa shape index (κ3) is 6.59. The fourth-order valence-corrected chi connectivity index (χ4v) is 3.90. The number of hydrogen-bond donors (Lipinski definition) is 1. The van der Waals surface area contributed by atoms with Crippen molar-refractivity contribution in [1.82, 2.24) is 15.2 Å².